The van der Waals surface area contributed by atoms with Crippen molar-refractivity contribution in [2.45, 2.75) is 37.6 Å². The van der Waals surface area contributed by atoms with Crippen LogP contribution in [0.15, 0.2) is 18.2 Å². The predicted octanol–water partition coefficient (Wildman–Crippen LogP) is -1.41. The second kappa shape index (κ2) is 7.58. The Morgan fingerprint density at radius 3 is 2.75 bits per heavy atom. The number of rotatable bonds is 5. The van der Waals surface area contributed by atoms with Gasteiger partial charge >= 0.3 is 0 Å². The van der Waals surface area contributed by atoms with Crippen molar-refractivity contribution in [1.82, 2.24) is 5.32 Å². The minimum Gasteiger partial charge on any atom is -0.463 e. The highest BCUT2D eigenvalue weighted by Crippen LogP contribution is 2.26. The molecule has 132 valence electrons. The molecule has 0 saturated carbocycles. The van der Waals surface area contributed by atoms with E-state index in [4.69, 9.17) is 20.6 Å². The third kappa shape index (κ3) is 3.82. The number of nitrogens with two attached hydrogens (primary N) is 1. The highest BCUT2D eigenvalue weighted by molar-refractivity contribution is 5.85. The van der Waals surface area contributed by atoms with Crippen molar-refractivity contribution < 1.29 is 29.6 Å². The molecule has 5 atom stereocenters. The number of carbonyl (C=O) groups is 1. The highest BCUT2D eigenvalue weighted by atomic mass is 16.7. The number of aliphatic hydroxyl groups is 3. The Balaban J connectivity index is 2.25. The van der Waals surface area contributed by atoms with E-state index in [1.807, 2.05) is 0 Å². The van der Waals surface area contributed by atoms with E-state index < -0.39 is 43.2 Å². The number of amides is 1. The molecule has 0 aliphatic carbocycles. The fraction of sp³-hybridized carbons (Fsp3) is 0.467. The highest BCUT2D eigenvalue weighted by Gasteiger charge is 2.46. The van der Waals surface area contributed by atoms with Crippen LogP contribution in [0.1, 0.15) is 12.5 Å². The molecule has 1 aliphatic heterocycles. The summed E-state index contributed by atoms with van der Waals surface area (Å²) in [6.45, 7) is 0.725. The summed E-state index contributed by atoms with van der Waals surface area (Å²) in [5.74, 6) is -0.147. The number of ether oxygens (including phenoxy) is 2. The van der Waals surface area contributed by atoms with Gasteiger partial charge in [0.1, 0.15) is 30.1 Å². The molecule has 4 unspecified atom stereocenters. The van der Waals surface area contributed by atoms with E-state index in [1.54, 1.807) is 12.1 Å². The van der Waals surface area contributed by atoms with Gasteiger partial charge in [-0.05, 0) is 18.2 Å². The molecule has 1 heterocycles. The zero-order valence-corrected chi connectivity index (χ0v) is 13.0. The normalized spacial score (nSPS) is 29.8. The van der Waals surface area contributed by atoms with E-state index in [0.717, 1.165) is 6.21 Å². The summed E-state index contributed by atoms with van der Waals surface area (Å²) < 4.78 is 11.1. The van der Waals surface area contributed by atoms with E-state index in [9.17, 15) is 20.1 Å². The van der Waals surface area contributed by atoms with Crippen molar-refractivity contribution in [3.05, 3.63) is 23.8 Å². The van der Waals surface area contributed by atoms with Crippen molar-refractivity contribution in [1.29, 1.82) is 5.41 Å². The van der Waals surface area contributed by atoms with Crippen LogP contribution in [-0.4, -0.2) is 64.7 Å². The molecule has 0 spiro atoms. The molecule has 1 fully saturated rings. The van der Waals surface area contributed by atoms with E-state index in [-0.39, 0.29) is 0 Å². The third-order valence-corrected chi connectivity index (χ3v) is 3.72. The number of anilines is 1. The summed E-state index contributed by atoms with van der Waals surface area (Å²) in [5.41, 5.74) is 6.53. The Morgan fingerprint density at radius 1 is 1.46 bits per heavy atom. The molecule has 1 saturated heterocycles. The molecule has 2 rings (SSSR count). The van der Waals surface area contributed by atoms with Crippen LogP contribution in [-0.2, 0) is 9.53 Å². The van der Waals surface area contributed by atoms with E-state index in [2.05, 4.69) is 5.32 Å². The van der Waals surface area contributed by atoms with Gasteiger partial charge in [0.15, 0.2) is 0 Å². The first-order chi connectivity index (χ1) is 11.4. The van der Waals surface area contributed by atoms with Crippen LogP contribution in [0.25, 0.3) is 0 Å². The van der Waals surface area contributed by atoms with E-state index in [0.29, 0.717) is 17.0 Å². The zero-order valence-electron chi connectivity index (χ0n) is 13.0. The van der Waals surface area contributed by atoms with Gasteiger partial charge in [-0.15, -0.1) is 0 Å². The van der Waals surface area contributed by atoms with Crippen molar-refractivity contribution in [2.24, 2.45) is 0 Å². The average molecular weight is 339 g/mol. The first kappa shape index (κ1) is 18.1. The van der Waals surface area contributed by atoms with Gasteiger partial charge in [0.05, 0.1) is 6.61 Å². The van der Waals surface area contributed by atoms with Crippen molar-refractivity contribution in [3.63, 3.8) is 0 Å². The Bertz CT molecular complexity index is 611. The van der Waals surface area contributed by atoms with Gasteiger partial charge in [-0.25, -0.2) is 0 Å². The number of hydrogen-bond acceptors (Lipinski definition) is 8. The van der Waals surface area contributed by atoms with Gasteiger partial charge in [-0.1, -0.05) is 0 Å². The standard InChI is InChI=1S/C15H21N3O6/c1-7(20)18-12-14(22)13(21)11(6-19)24-15(12)23-9-2-3-10(17)8(4-9)5-16/h2-5,11-16,19,21-22H,6,17H2,1H3,(H,18,20)/t11?,12-,13?,14?,15?/m0/s1. The van der Waals surface area contributed by atoms with Gasteiger partial charge in [0.2, 0.25) is 12.2 Å². The minimum absolute atomic E-state index is 0.295. The third-order valence-electron chi connectivity index (χ3n) is 3.72. The fourth-order valence-corrected chi connectivity index (χ4v) is 2.46. The Kier molecular flexibility index (Phi) is 5.73. The zero-order chi connectivity index (χ0) is 17.9. The van der Waals surface area contributed by atoms with Crippen LogP contribution in [0.2, 0.25) is 0 Å². The Morgan fingerprint density at radius 2 is 2.17 bits per heavy atom. The van der Waals surface area contributed by atoms with Crippen LogP contribution in [0.3, 0.4) is 0 Å². The van der Waals surface area contributed by atoms with Crippen molar-refractivity contribution in [2.75, 3.05) is 12.3 Å². The molecule has 0 radical (unpaired) electrons. The van der Waals surface area contributed by atoms with Crippen molar-refractivity contribution in [3.8, 4) is 5.75 Å². The van der Waals surface area contributed by atoms with Gasteiger partial charge in [-0.3, -0.25) is 4.79 Å². The number of benzene rings is 1. The molecule has 1 aromatic carbocycles. The monoisotopic (exact) mass is 339 g/mol. The molecule has 1 aliphatic rings. The first-order valence-electron chi connectivity index (χ1n) is 7.33. The molecule has 1 amide bonds. The minimum atomic E-state index is -1.39. The summed E-state index contributed by atoms with van der Waals surface area (Å²) in [4.78, 5) is 11.3. The summed E-state index contributed by atoms with van der Waals surface area (Å²) in [6, 6.07) is 3.55. The van der Waals surface area contributed by atoms with Crippen LogP contribution in [0.4, 0.5) is 5.69 Å². The number of carbonyl (C=O) groups excluding carboxylic acids is 1. The molecule has 0 bridgehead atoms. The Hall–Kier alpha value is -2.20. The average Bonchev–Trinajstić information content (AvgIpc) is 2.55. The summed E-state index contributed by atoms with van der Waals surface area (Å²) in [6.07, 6.45) is -3.92. The largest absolute Gasteiger partial charge is 0.463 e. The van der Waals surface area contributed by atoms with Crippen LogP contribution in [0, 0.1) is 5.41 Å². The number of nitrogens with one attached hydrogen (secondary N) is 2. The lowest BCUT2D eigenvalue weighted by Gasteiger charge is -2.42. The Labute approximate surface area is 138 Å². The maximum atomic E-state index is 11.3. The molecular weight excluding hydrogens is 318 g/mol. The number of hydrogen-bond donors (Lipinski definition) is 6. The molecule has 7 N–H and O–H groups in total. The number of nitrogen functional groups attached to an aromatic ring is 1. The maximum Gasteiger partial charge on any atom is 0.223 e. The smallest absolute Gasteiger partial charge is 0.223 e. The fourth-order valence-electron chi connectivity index (χ4n) is 2.46. The van der Waals surface area contributed by atoms with Crippen LogP contribution in [0.5, 0.6) is 5.75 Å². The molecule has 9 heteroatoms. The lowest BCUT2D eigenvalue weighted by atomic mass is 9.97. The maximum absolute atomic E-state index is 11.3. The molecule has 0 aromatic heterocycles. The van der Waals surface area contributed by atoms with E-state index in [1.165, 1.54) is 13.0 Å². The second-order valence-electron chi connectivity index (χ2n) is 5.49. The van der Waals surface area contributed by atoms with Gasteiger partial charge in [-0.2, -0.15) is 0 Å². The summed E-state index contributed by atoms with van der Waals surface area (Å²) >= 11 is 0. The molecular formula is C15H21N3O6. The van der Waals surface area contributed by atoms with Gasteiger partial charge in [0.25, 0.3) is 0 Å². The van der Waals surface area contributed by atoms with Gasteiger partial charge < -0.3 is 41.3 Å². The lowest BCUT2D eigenvalue weighted by molar-refractivity contribution is -0.244. The van der Waals surface area contributed by atoms with Gasteiger partial charge in [0, 0.05) is 24.4 Å². The number of aliphatic hydroxyl groups excluding tert-OH is 3. The molecule has 1 aromatic rings. The van der Waals surface area contributed by atoms with Crippen LogP contribution >= 0.6 is 0 Å². The van der Waals surface area contributed by atoms with Crippen LogP contribution < -0.4 is 15.8 Å². The molecule has 24 heavy (non-hydrogen) atoms. The summed E-state index contributed by atoms with van der Waals surface area (Å²) in [5, 5.41) is 39.2. The van der Waals surface area contributed by atoms with E-state index >= 15 is 0 Å². The second-order valence-corrected chi connectivity index (χ2v) is 5.49. The molecule has 9 nitrogen and oxygen atoms in total. The SMILES string of the molecule is CC(=O)N[C@@H]1C(Oc2ccc(N)c(C=N)c2)OC(CO)C(O)C1O. The predicted molar refractivity (Wildman–Crippen MR) is 84.7 cm³/mol. The quantitative estimate of drug-likeness (QED) is 0.284. The van der Waals surface area contributed by atoms with Crippen molar-refractivity contribution >= 4 is 17.8 Å². The first-order valence-corrected chi connectivity index (χ1v) is 7.33. The lowest BCUT2D eigenvalue weighted by Crippen LogP contribution is -2.65. The topological polar surface area (TPSA) is 158 Å². The summed E-state index contributed by atoms with van der Waals surface area (Å²) in [7, 11) is 0.